The molecule has 3 N–H and O–H groups in total. The van der Waals surface area contributed by atoms with Crippen LogP contribution in [-0.2, 0) is 20.6 Å². The molecule has 6 nitrogen and oxygen atoms in total. The number of para-hydroxylation sites is 1. The number of benzene rings is 1. The van der Waals surface area contributed by atoms with Crippen molar-refractivity contribution in [3.63, 3.8) is 0 Å². The molecule has 1 aromatic rings. The summed E-state index contributed by atoms with van der Waals surface area (Å²) < 4.78 is 16.0. The van der Waals surface area contributed by atoms with Crippen LogP contribution >= 0.6 is 0 Å². The molecule has 0 aromatic heterocycles. The molecule has 0 saturated carbocycles. The van der Waals surface area contributed by atoms with Crippen LogP contribution in [0.15, 0.2) is 24.3 Å². The van der Waals surface area contributed by atoms with E-state index in [0.29, 0.717) is 33.0 Å². The number of nitrogen functional groups attached to an aromatic ring is 1. The zero-order chi connectivity index (χ0) is 17.8. The van der Waals surface area contributed by atoms with Gasteiger partial charge in [-0.15, -0.1) is 0 Å². The van der Waals surface area contributed by atoms with Gasteiger partial charge in [-0.25, -0.2) is 4.79 Å². The molecule has 0 spiro atoms. The van der Waals surface area contributed by atoms with Gasteiger partial charge in [0.05, 0.1) is 19.8 Å². The lowest BCUT2D eigenvalue weighted by atomic mass is 10.1. The summed E-state index contributed by atoms with van der Waals surface area (Å²) in [4.78, 5) is 11.4. The van der Waals surface area contributed by atoms with Gasteiger partial charge < -0.3 is 25.3 Å². The second-order valence-corrected chi connectivity index (χ2v) is 6.46. The molecule has 0 atom stereocenters. The van der Waals surface area contributed by atoms with E-state index in [9.17, 15) is 4.79 Å². The second kappa shape index (κ2) is 10.9. The summed E-state index contributed by atoms with van der Waals surface area (Å²) in [5, 5.41) is 2.64. The second-order valence-electron chi connectivity index (χ2n) is 6.46. The number of hydrogen-bond donors (Lipinski definition) is 2. The molecular weight excluding hydrogens is 308 g/mol. The van der Waals surface area contributed by atoms with E-state index in [-0.39, 0.29) is 0 Å². The Bertz CT molecular complexity index is 486. The molecule has 0 bridgehead atoms. The van der Waals surface area contributed by atoms with E-state index in [0.717, 1.165) is 24.1 Å². The predicted molar refractivity (Wildman–Crippen MR) is 95.1 cm³/mol. The number of nitrogens with two attached hydrogens (primary N) is 1. The van der Waals surface area contributed by atoms with Crippen LogP contribution < -0.4 is 11.1 Å². The van der Waals surface area contributed by atoms with Crippen molar-refractivity contribution in [3.8, 4) is 0 Å². The van der Waals surface area contributed by atoms with E-state index < -0.39 is 11.7 Å². The number of carbonyl (C=O) groups is 1. The van der Waals surface area contributed by atoms with Crippen molar-refractivity contribution in [1.29, 1.82) is 0 Å². The van der Waals surface area contributed by atoms with E-state index in [1.807, 2.05) is 45.0 Å². The molecule has 0 saturated heterocycles. The molecule has 0 aliphatic heterocycles. The quantitative estimate of drug-likeness (QED) is 0.506. The van der Waals surface area contributed by atoms with E-state index in [1.54, 1.807) is 0 Å². The van der Waals surface area contributed by atoms with Crippen LogP contribution in [0, 0.1) is 0 Å². The lowest BCUT2D eigenvalue weighted by molar-refractivity contribution is 0.0394. The van der Waals surface area contributed by atoms with Gasteiger partial charge in [0.25, 0.3) is 0 Å². The summed E-state index contributed by atoms with van der Waals surface area (Å²) in [5.41, 5.74) is 7.39. The number of rotatable bonds is 10. The van der Waals surface area contributed by atoms with Gasteiger partial charge >= 0.3 is 6.09 Å². The van der Waals surface area contributed by atoms with Crippen molar-refractivity contribution in [2.45, 2.75) is 39.2 Å². The zero-order valence-electron chi connectivity index (χ0n) is 15.0. The lowest BCUT2D eigenvalue weighted by Gasteiger charge is -2.19. The minimum atomic E-state index is -0.483. The smallest absolute Gasteiger partial charge is 0.407 e. The third kappa shape index (κ3) is 10.1. The highest BCUT2D eigenvalue weighted by Gasteiger charge is 2.15. The van der Waals surface area contributed by atoms with Crippen molar-refractivity contribution in [2.75, 3.05) is 38.7 Å². The van der Waals surface area contributed by atoms with Gasteiger partial charge in [0, 0.05) is 18.8 Å². The first-order valence-corrected chi connectivity index (χ1v) is 8.34. The van der Waals surface area contributed by atoms with Crippen LogP contribution in [0.3, 0.4) is 0 Å². The lowest BCUT2D eigenvalue weighted by Crippen LogP contribution is -2.34. The van der Waals surface area contributed by atoms with Crippen LogP contribution in [0.25, 0.3) is 0 Å². The largest absolute Gasteiger partial charge is 0.444 e. The van der Waals surface area contributed by atoms with Crippen molar-refractivity contribution < 1.29 is 19.0 Å². The summed E-state index contributed by atoms with van der Waals surface area (Å²) in [7, 11) is 0. The number of amides is 1. The average molecular weight is 338 g/mol. The molecule has 1 rings (SSSR count). The monoisotopic (exact) mass is 338 g/mol. The highest BCUT2D eigenvalue weighted by Crippen LogP contribution is 2.12. The Morgan fingerprint density at radius 2 is 1.75 bits per heavy atom. The first-order chi connectivity index (χ1) is 11.4. The number of anilines is 1. The molecule has 1 amide bonds. The Morgan fingerprint density at radius 3 is 2.42 bits per heavy atom. The van der Waals surface area contributed by atoms with Crippen molar-refractivity contribution >= 4 is 11.8 Å². The molecule has 24 heavy (non-hydrogen) atoms. The molecule has 0 aliphatic carbocycles. The summed E-state index contributed by atoms with van der Waals surface area (Å²) in [6.07, 6.45) is 1.41. The SMILES string of the molecule is CC(C)(C)OC(=O)NCCOCCOCCCc1ccccc1N. The highest BCUT2D eigenvalue weighted by molar-refractivity contribution is 5.67. The fourth-order valence-electron chi connectivity index (χ4n) is 1.99. The Kier molecular flexibility index (Phi) is 9.19. The third-order valence-corrected chi connectivity index (χ3v) is 3.08. The van der Waals surface area contributed by atoms with Gasteiger partial charge in [-0.05, 0) is 45.2 Å². The standard InChI is InChI=1S/C18H30N2O4/c1-18(2,3)24-17(21)20-10-12-23-14-13-22-11-6-8-15-7-4-5-9-16(15)19/h4-5,7,9H,6,8,10-14,19H2,1-3H3,(H,20,21). The first kappa shape index (κ1) is 20.3. The van der Waals surface area contributed by atoms with Crippen molar-refractivity contribution in [1.82, 2.24) is 5.32 Å². The van der Waals surface area contributed by atoms with Crippen LogP contribution in [-0.4, -0.2) is 44.7 Å². The summed E-state index contributed by atoms with van der Waals surface area (Å²) in [6, 6.07) is 7.88. The highest BCUT2D eigenvalue weighted by atomic mass is 16.6. The maximum absolute atomic E-state index is 11.4. The molecular formula is C18H30N2O4. The fraction of sp³-hybridized carbons (Fsp3) is 0.611. The van der Waals surface area contributed by atoms with Crippen molar-refractivity contribution in [3.05, 3.63) is 29.8 Å². The summed E-state index contributed by atoms with van der Waals surface area (Å²) >= 11 is 0. The molecule has 1 aromatic carbocycles. The van der Waals surface area contributed by atoms with Crippen LogP contribution in [0.1, 0.15) is 32.8 Å². The van der Waals surface area contributed by atoms with Gasteiger partial charge in [0.2, 0.25) is 0 Å². The molecule has 0 aliphatic rings. The molecule has 136 valence electrons. The Labute approximate surface area is 144 Å². The van der Waals surface area contributed by atoms with E-state index in [1.165, 1.54) is 0 Å². The van der Waals surface area contributed by atoms with E-state index in [4.69, 9.17) is 19.9 Å². The first-order valence-electron chi connectivity index (χ1n) is 8.34. The minimum absolute atomic E-state index is 0.419. The predicted octanol–water partition coefficient (Wildman–Crippen LogP) is 2.76. The molecule has 0 unspecified atom stereocenters. The number of aryl methyl sites for hydroxylation is 1. The molecule has 0 radical (unpaired) electrons. The zero-order valence-corrected chi connectivity index (χ0v) is 15.0. The van der Waals surface area contributed by atoms with Crippen molar-refractivity contribution in [2.24, 2.45) is 0 Å². The van der Waals surface area contributed by atoms with Crippen LogP contribution in [0.2, 0.25) is 0 Å². The van der Waals surface area contributed by atoms with Crippen LogP contribution in [0.5, 0.6) is 0 Å². The van der Waals surface area contributed by atoms with Gasteiger partial charge in [-0.3, -0.25) is 0 Å². The van der Waals surface area contributed by atoms with E-state index >= 15 is 0 Å². The molecule has 0 heterocycles. The Balaban J connectivity index is 1.91. The molecule has 0 fully saturated rings. The number of alkyl carbamates (subject to hydrolysis) is 1. The third-order valence-electron chi connectivity index (χ3n) is 3.08. The number of ether oxygens (including phenoxy) is 3. The topological polar surface area (TPSA) is 82.8 Å². The minimum Gasteiger partial charge on any atom is -0.444 e. The fourth-order valence-corrected chi connectivity index (χ4v) is 1.99. The van der Waals surface area contributed by atoms with Crippen LogP contribution in [0.4, 0.5) is 10.5 Å². The average Bonchev–Trinajstić information content (AvgIpc) is 2.49. The number of nitrogens with one attached hydrogen (secondary N) is 1. The maximum Gasteiger partial charge on any atom is 0.407 e. The van der Waals surface area contributed by atoms with Gasteiger partial charge in [-0.1, -0.05) is 18.2 Å². The van der Waals surface area contributed by atoms with Gasteiger partial charge in [0.15, 0.2) is 0 Å². The van der Waals surface area contributed by atoms with Gasteiger partial charge in [0.1, 0.15) is 5.60 Å². The summed E-state index contributed by atoms with van der Waals surface area (Å²) in [5.74, 6) is 0. The van der Waals surface area contributed by atoms with E-state index in [2.05, 4.69) is 5.32 Å². The number of carbonyl (C=O) groups excluding carboxylic acids is 1. The molecule has 6 heteroatoms. The summed E-state index contributed by atoms with van der Waals surface area (Å²) in [6.45, 7) is 8.05. The maximum atomic E-state index is 11.4. The Morgan fingerprint density at radius 1 is 1.08 bits per heavy atom. The number of hydrogen-bond acceptors (Lipinski definition) is 5. The normalized spacial score (nSPS) is 11.3. The van der Waals surface area contributed by atoms with Gasteiger partial charge in [-0.2, -0.15) is 0 Å². The Hall–Kier alpha value is -1.79.